The Morgan fingerprint density at radius 3 is 2.77 bits per heavy atom. The minimum Gasteiger partial charge on any atom is -0.370 e. The van der Waals surface area contributed by atoms with E-state index in [1.54, 1.807) is 11.3 Å². The highest BCUT2D eigenvalue weighted by atomic mass is 32.1. The first-order chi connectivity index (χ1) is 6.11. The van der Waals surface area contributed by atoms with Crippen LogP contribution in [0.1, 0.15) is 18.7 Å². The normalized spacial score (nSPS) is 10.4. The zero-order valence-electron chi connectivity index (χ0n) is 7.95. The van der Waals surface area contributed by atoms with Crippen LogP contribution in [0.25, 0.3) is 0 Å². The summed E-state index contributed by atoms with van der Waals surface area (Å²) in [6.45, 7) is 4.81. The highest BCUT2D eigenvalue weighted by molar-refractivity contribution is 7.09. The maximum absolute atomic E-state index is 7.39. The van der Waals surface area contributed by atoms with Gasteiger partial charge in [0.05, 0.1) is 6.54 Å². The molecule has 1 heterocycles. The van der Waals surface area contributed by atoms with Crippen molar-refractivity contribution in [3.05, 3.63) is 22.4 Å². The van der Waals surface area contributed by atoms with E-state index in [9.17, 15) is 0 Å². The molecule has 0 fully saturated rings. The summed E-state index contributed by atoms with van der Waals surface area (Å²) >= 11 is 1.69. The van der Waals surface area contributed by atoms with Crippen molar-refractivity contribution in [2.75, 3.05) is 0 Å². The van der Waals surface area contributed by atoms with Gasteiger partial charge in [-0.2, -0.15) is 0 Å². The highest BCUT2D eigenvalue weighted by Crippen LogP contribution is 2.13. The molecule has 13 heavy (non-hydrogen) atoms. The van der Waals surface area contributed by atoms with Gasteiger partial charge in [-0.1, -0.05) is 6.07 Å². The Balaban J connectivity index is 2.63. The molecule has 3 N–H and O–H groups in total. The van der Waals surface area contributed by atoms with Crippen molar-refractivity contribution in [3.8, 4) is 0 Å². The lowest BCUT2D eigenvalue weighted by atomic mass is 10.3. The summed E-state index contributed by atoms with van der Waals surface area (Å²) in [5.41, 5.74) is 5.47. The third kappa shape index (κ3) is 2.73. The van der Waals surface area contributed by atoms with Crippen molar-refractivity contribution < 1.29 is 0 Å². The number of nitrogens with one attached hydrogen (secondary N) is 1. The molecular formula is C9H15N3S. The molecule has 0 unspecified atom stereocenters. The molecule has 0 amide bonds. The average Bonchev–Trinajstić information content (AvgIpc) is 2.50. The molecule has 4 heteroatoms. The number of hydrogen-bond acceptors (Lipinski definition) is 2. The molecule has 0 aromatic carbocycles. The van der Waals surface area contributed by atoms with E-state index in [0.717, 1.165) is 6.54 Å². The van der Waals surface area contributed by atoms with Gasteiger partial charge in [-0.3, -0.25) is 5.41 Å². The van der Waals surface area contributed by atoms with Gasteiger partial charge in [-0.15, -0.1) is 11.3 Å². The monoisotopic (exact) mass is 197 g/mol. The van der Waals surface area contributed by atoms with Crippen molar-refractivity contribution in [2.45, 2.75) is 26.4 Å². The van der Waals surface area contributed by atoms with Crippen LogP contribution in [0, 0.1) is 5.41 Å². The molecule has 0 aliphatic rings. The molecule has 0 saturated carbocycles. The zero-order valence-corrected chi connectivity index (χ0v) is 8.77. The maximum Gasteiger partial charge on any atom is 0.188 e. The fourth-order valence-corrected chi connectivity index (χ4v) is 1.82. The molecule has 1 rings (SSSR count). The summed E-state index contributed by atoms with van der Waals surface area (Å²) in [5, 5.41) is 9.43. The van der Waals surface area contributed by atoms with Gasteiger partial charge in [0.25, 0.3) is 0 Å². The van der Waals surface area contributed by atoms with Crippen molar-refractivity contribution in [3.63, 3.8) is 0 Å². The van der Waals surface area contributed by atoms with Crippen LogP contribution in [-0.2, 0) is 6.54 Å². The van der Waals surface area contributed by atoms with Crippen LogP contribution >= 0.6 is 11.3 Å². The van der Waals surface area contributed by atoms with Gasteiger partial charge in [-0.05, 0) is 25.3 Å². The van der Waals surface area contributed by atoms with Gasteiger partial charge >= 0.3 is 0 Å². The van der Waals surface area contributed by atoms with Gasteiger partial charge in [0.15, 0.2) is 5.96 Å². The summed E-state index contributed by atoms with van der Waals surface area (Å²) in [7, 11) is 0. The predicted molar refractivity (Wildman–Crippen MR) is 56.9 cm³/mol. The van der Waals surface area contributed by atoms with E-state index in [4.69, 9.17) is 11.1 Å². The number of guanidine groups is 1. The number of nitrogens with zero attached hydrogens (tertiary/aromatic N) is 1. The SMILES string of the molecule is CC(C)N(Cc1cccs1)C(=N)N. The molecule has 0 atom stereocenters. The fraction of sp³-hybridized carbons (Fsp3) is 0.444. The van der Waals surface area contributed by atoms with Crippen LogP contribution in [0.2, 0.25) is 0 Å². The Kier molecular flexibility index (Phi) is 3.31. The smallest absolute Gasteiger partial charge is 0.188 e. The standard InChI is InChI=1S/C9H15N3S/c1-7(2)12(9(10)11)6-8-4-3-5-13-8/h3-5,7H,6H2,1-2H3,(H3,10,11). The van der Waals surface area contributed by atoms with E-state index in [1.165, 1.54) is 4.88 Å². The van der Waals surface area contributed by atoms with Crippen LogP contribution < -0.4 is 5.73 Å². The van der Waals surface area contributed by atoms with E-state index in [-0.39, 0.29) is 12.0 Å². The maximum atomic E-state index is 7.39. The van der Waals surface area contributed by atoms with Crippen molar-refractivity contribution in [1.82, 2.24) is 4.90 Å². The molecule has 0 aliphatic heterocycles. The summed E-state index contributed by atoms with van der Waals surface area (Å²) < 4.78 is 0. The van der Waals surface area contributed by atoms with E-state index in [2.05, 4.69) is 6.07 Å². The molecular weight excluding hydrogens is 182 g/mol. The second-order valence-corrected chi connectivity index (χ2v) is 4.22. The van der Waals surface area contributed by atoms with E-state index in [0.29, 0.717) is 0 Å². The second kappa shape index (κ2) is 4.28. The molecule has 3 nitrogen and oxygen atoms in total. The molecule has 0 saturated heterocycles. The number of nitrogens with two attached hydrogens (primary N) is 1. The van der Waals surface area contributed by atoms with Crippen molar-refractivity contribution in [2.24, 2.45) is 5.73 Å². The Bertz CT molecular complexity index is 266. The van der Waals surface area contributed by atoms with E-state index in [1.807, 2.05) is 30.2 Å². The van der Waals surface area contributed by atoms with Gasteiger partial charge in [-0.25, -0.2) is 0 Å². The quantitative estimate of drug-likeness (QED) is 0.574. The Labute approximate surface area is 82.7 Å². The summed E-state index contributed by atoms with van der Waals surface area (Å²) in [6.07, 6.45) is 0. The first-order valence-electron chi connectivity index (χ1n) is 4.24. The first-order valence-corrected chi connectivity index (χ1v) is 5.12. The van der Waals surface area contributed by atoms with Crippen molar-refractivity contribution in [1.29, 1.82) is 5.41 Å². The predicted octanol–water partition coefficient (Wildman–Crippen LogP) is 1.85. The van der Waals surface area contributed by atoms with Crippen LogP contribution in [-0.4, -0.2) is 16.9 Å². The van der Waals surface area contributed by atoms with Gasteiger partial charge in [0.2, 0.25) is 0 Å². The zero-order chi connectivity index (χ0) is 9.84. The van der Waals surface area contributed by atoms with Gasteiger partial charge < -0.3 is 10.6 Å². The Morgan fingerprint density at radius 1 is 1.69 bits per heavy atom. The van der Waals surface area contributed by atoms with Gasteiger partial charge in [0, 0.05) is 10.9 Å². The summed E-state index contributed by atoms with van der Waals surface area (Å²) in [4.78, 5) is 3.11. The van der Waals surface area contributed by atoms with Crippen LogP contribution in [0.15, 0.2) is 17.5 Å². The van der Waals surface area contributed by atoms with Gasteiger partial charge in [0.1, 0.15) is 0 Å². The molecule has 0 aliphatic carbocycles. The second-order valence-electron chi connectivity index (χ2n) is 3.19. The van der Waals surface area contributed by atoms with Crippen molar-refractivity contribution >= 4 is 17.3 Å². The summed E-state index contributed by atoms with van der Waals surface area (Å²) in [5.74, 6) is 0.142. The van der Waals surface area contributed by atoms with Crippen LogP contribution in [0.4, 0.5) is 0 Å². The third-order valence-corrected chi connectivity index (χ3v) is 2.70. The lowest BCUT2D eigenvalue weighted by Gasteiger charge is -2.26. The first kappa shape index (κ1) is 10.1. The molecule has 0 spiro atoms. The molecule has 1 aromatic heterocycles. The Morgan fingerprint density at radius 2 is 2.38 bits per heavy atom. The van der Waals surface area contributed by atoms with E-state index >= 15 is 0 Å². The van der Waals surface area contributed by atoms with E-state index < -0.39 is 0 Å². The average molecular weight is 197 g/mol. The lowest BCUT2D eigenvalue weighted by Crippen LogP contribution is -2.40. The number of thiophene rings is 1. The molecule has 72 valence electrons. The molecule has 1 aromatic rings. The third-order valence-electron chi connectivity index (χ3n) is 1.84. The number of hydrogen-bond donors (Lipinski definition) is 2. The Hall–Kier alpha value is -1.03. The van der Waals surface area contributed by atoms with Crippen LogP contribution in [0.3, 0.4) is 0 Å². The minimum atomic E-state index is 0.142. The molecule has 0 radical (unpaired) electrons. The largest absolute Gasteiger partial charge is 0.370 e. The minimum absolute atomic E-state index is 0.142. The fourth-order valence-electron chi connectivity index (χ4n) is 1.12. The van der Waals surface area contributed by atoms with Crippen LogP contribution in [0.5, 0.6) is 0 Å². The lowest BCUT2D eigenvalue weighted by molar-refractivity contribution is 0.339. The number of rotatable bonds is 3. The topological polar surface area (TPSA) is 53.1 Å². The highest BCUT2D eigenvalue weighted by Gasteiger charge is 2.11. The summed E-state index contributed by atoms with van der Waals surface area (Å²) in [6, 6.07) is 4.35. The molecule has 0 bridgehead atoms.